The first-order valence-corrected chi connectivity index (χ1v) is 11.3. The fourth-order valence-corrected chi connectivity index (χ4v) is 4.51. The number of fused-ring (bicyclic) bond motifs is 1. The zero-order valence-electron chi connectivity index (χ0n) is 19.4. The smallest absolute Gasteiger partial charge is 0.321 e. The van der Waals surface area contributed by atoms with Crippen LogP contribution in [0.2, 0.25) is 0 Å². The molecule has 1 aliphatic heterocycles. The van der Waals surface area contributed by atoms with Crippen LogP contribution in [0.5, 0.6) is 0 Å². The van der Waals surface area contributed by atoms with E-state index in [0.717, 1.165) is 0 Å². The van der Waals surface area contributed by atoms with Crippen molar-refractivity contribution in [2.45, 2.75) is 31.4 Å². The van der Waals surface area contributed by atoms with E-state index in [1.807, 2.05) is 0 Å². The molecule has 0 bridgehead atoms. The van der Waals surface area contributed by atoms with Crippen LogP contribution >= 0.6 is 0 Å². The highest BCUT2D eigenvalue weighted by Crippen LogP contribution is 2.39. The number of rotatable bonds is 5. The summed E-state index contributed by atoms with van der Waals surface area (Å²) in [5.41, 5.74) is 2.64. The van der Waals surface area contributed by atoms with E-state index in [4.69, 9.17) is 4.52 Å². The van der Waals surface area contributed by atoms with Crippen molar-refractivity contribution in [3.8, 4) is 11.3 Å². The van der Waals surface area contributed by atoms with Crippen LogP contribution in [0.15, 0.2) is 76.2 Å². The van der Waals surface area contributed by atoms with Gasteiger partial charge in [0.05, 0.1) is 12.1 Å². The quantitative estimate of drug-likeness (QED) is 0.457. The molecule has 2 amide bonds. The molecule has 5 rings (SSSR count). The van der Waals surface area contributed by atoms with Crippen molar-refractivity contribution in [1.29, 1.82) is 0 Å². The molecule has 1 saturated heterocycles. The lowest BCUT2D eigenvalue weighted by molar-refractivity contribution is -0.143. The molecule has 3 heterocycles. The SMILES string of the molecule is Cn1cc(-c2noc3cc(N4C(=O)C[C@H](NC(=O)C(C)(F)F)[C@H]4c4ccccc4)ccc23)ccc1=O. The number of nitrogens with one attached hydrogen (secondary N) is 1. The Balaban J connectivity index is 1.54. The lowest BCUT2D eigenvalue weighted by Crippen LogP contribution is -2.46. The van der Waals surface area contributed by atoms with Gasteiger partial charge in [0.2, 0.25) is 11.5 Å². The Morgan fingerprint density at radius 2 is 1.86 bits per heavy atom. The summed E-state index contributed by atoms with van der Waals surface area (Å²) in [5.74, 6) is -5.34. The largest absolute Gasteiger partial charge is 0.356 e. The Morgan fingerprint density at radius 3 is 2.56 bits per heavy atom. The van der Waals surface area contributed by atoms with E-state index in [0.29, 0.717) is 40.4 Å². The maximum atomic E-state index is 13.6. The summed E-state index contributed by atoms with van der Waals surface area (Å²) >= 11 is 0. The monoisotopic (exact) mass is 492 g/mol. The van der Waals surface area contributed by atoms with Gasteiger partial charge in [0.1, 0.15) is 5.69 Å². The van der Waals surface area contributed by atoms with Crippen LogP contribution in [-0.2, 0) is 16.6 Å². The minimum atomic E-state index is -3.58. The van der Waals surface area contributed by atoms with E-state index in [9.17, 15) is 23.2 Å². The number of carbonyl (C=O) groups excluding carboxylic acids is 2. The second-order valence-electron chi connectivity index (χ2n) is 8.87. The maximum Gasteiger partial charge on any atom is 0.321 e. The first-order chi connectivity index (χ1) is 17.1. The highest BCUT2D eigenvalue weighted by atomic mass is 19.3. The Labute approximate surface area is 204 Å². The standard InChI is InChI=1S/C26H22F2N4O4/c1-26(27,28)25(35)29-19-13-22(34)32(24(19)15-6-4-3-5-7-15)17-9-10-18-20(12-17)36-30-23(18)16-8-11-21(33)31(2)14-16/h3-12,14,19,24H,13H2,1-2H3,(H,29,35)/t19-,24+/m0/s1. The predicted molar refractivity (Wildman–Crippen MR) is 129 cm³/mol. The number of hydrogen-bond acceptors (Lipinski definition) is 5. The first-order valence-electron chi connectivity index (χ1n) is 11.3. The molecule has 2 aromatic heterocycles. The van der Waals surface area contributed by atoms with Crippen molar-refractivity contribution < 1.29 is 22.9 Å². The number of aryl methyl sites for hydroxylation is 1. The van der Waals surface area contributed by atoms with Gasteiger partial charge < -0.3 is 19.3 Å². The third-order valence-electron chi connectivity index (χ3n) is 6.27. The number of alkyl halides is 2. The van der Waals surface area contributed by atoms with Crippen LogP contribution in [0.25, 0.3) is 22.2 Å². The first kappa shape index (κ1) is 23.4. The second-order valence-corrected chi connectivity index (χ2v) is 8.87. The molecule has 184 valence electrons. The van der Waals surface area contributed by atoms with Gasteiger partial charge in [-0.15, -0.1) is 0 Å². The van der Waals surface area contributed by atoms with E-state index in [1.54, 1.807) is 67.8 Å². The second kappa shape index (κ2) is 8.71. The number of halogens is 2. The van der Waals surface area contributed by atoms with Gasteiger partial charge in [-0.3, -0.25) is 14.4 Å². The van der Waals surface area contributed by atoms with Gasteiger partial charge in [0, 0.05) is 55.4 Å². The number of pyridine rings is 1. The van der Waals surface area contributed by atoms with Gasteiger partial charge in [0.25, 0.3) is 5.91 Å². The zero-order chi connectivity index (χ0) is 25.6. The van der Waals surface area contributed by atoms with Gasteiger partial charge >= 0.3 is 5.92 Å². The molecule has 1 N–H and O–H groups in total. The van der Waals surface area contributed by atoms with Crippen molar-refractivity contribution in [1.82, 2.24) is 15.0 Å². The average molecular weight is 492 g/mol. The molecule has 10 heteroatoms. The summed E-state index contributed by atoms with van der Waals surface area (Å²) in [6.07, 6.45) is 1.51. The average Bonchev–Trinajstić information content (AvgIpc) is 3.41. The van der Waals surface area contributed by atoms with E-state index >= 15 is 0 Å². The summed E-state index contributed by atoms with van der Waals surface area (Å²) in [6.45, 7) is 0.522. The summed E-state index contributed by atoms with van der Waals surface area (Å²) in [6, 6.07) is 15.6. The lowest BCUT2D eigenvalue weighted by Gasteiger charge is -2.29. The van der Waals surface area contributed by atoms with Crippen molar-refractivity contribution in [3.63, 3.8) is 0 Å². The number of carbonyl (C=O) groups is 2. The van der Waals surface area contributed by atoms with Crippen molar-refractivity contribution >= 4 is 28.5 Å². The topological polar surface area (TPSA) is 97.4 Å². The molecular formula is C26H22F2N4O4. The molecule has 0 spiro atoms. The molecule has 1 aliphatic rings. The molecule has 2 atom stereocenters. The minimum absolute atomic E-state index is 0.140. The molecule has 1 fully saturated rings. The molecule has 0 aliphatic carbocycles. The maximum absolute atomic E-state index is 13.6. The van der Waals surface area contributed by atoms with E-state index in [1.165, 1.54) is 15.5 Å². The van der Waals surface area contributed by atoms with Crippen LogP contribution in [-0.4, -0.2) is 33.5 Å². The van der Waals surface area contributed by atoms with Crippen molar-refractivity contribution in [2.75, 3.05) is 4.90 Å². The molecule has 2 aromatic carbocycles. The predicted octanol–water partition coefficient (Wildman–Crippen LogP) is 3.81. The Kier molecular flexibility index (Phi) is 5.66. The highest BCUT2D eigenvalue weighted by molar-refractivity contribution is 6.01. The third-order valence-corrected chi connectivity index (χ3v) is 6.27. The van der Waals surface area contributed by atoms with Crippen LogP contribution < -0.4 is 15.8 Å². The van der Waals surface area contributed by atoms with Crippen molar-refractivity contribution in [2.24, 2.45) is 7.05 Å². The number of anilines is 1. The van der Waals surface area contributed by atoms with E-state index in [-0.39, 0.29) is 17.9 Å². The van der Waals surface area contributed by atoms with Gasteiger partial charge in [-0.05, 0) is 23.8 Å². The normalized spacial score (nSPS) is 18.1. The van der Waals surface area contributed by atoms with Gasteiger partial charge in [-0.25, -0.2) is 0 Å². The fourth-order valence-electron chi connectivity index (χ4n) is 4.51. The minimum Gasteiger partial charge on any atom is -0.356 e. The Morgan fingerprint density at radius 1 is 1.11 bits per heavy atom. The van der Waals surface area contributed by atoms with Gasteiger partial charge in [0.15, 0.2) is 5.58 Å². The summed E-state index contributed by atoms with van der Waals surface area (Å²) in [7, 11) is 1.64. The molecule has 4 aromatic rings. The van der Waals surface area contributed by atoms with E-state index < -0.39 is 23.9 Å². The highest BCUT2D eigenvalue weighted by Gasteiger charge is 2.45. The van der Waals surface area contributed by atoms with Crippen LogP contribution in [0.1, 0.15) is 24.9 Å². The number of aromatic nitrogens is 2. The Hall–Kier alpha value is -4.34. The number of nitrogens with zero attached hydrogens (tertiary/aromatic N) is 3. The number of amides is 2. The molecule has 36 heavy (non-hydrogen) atoms. The molecule has 0 radical (unpaired) electrons. The summed E-state index contributed by atoms with van der Waals surface area (Å²) in [5, 5.41) is 7.18. The van der Waals surface area contributed by atoms with Crippen molar-refractivity contribution in [3.05, 3.63) is 82.8 Å². The number of benzene rings is 2. The fraction of sp³-hybridized carbons (Fsp3) is 0.231. The van der Waals surface area contributed by atoms with Crippen LogP contribution in [0.3, 0.4) is 0 Å². The van der Waals surface area contributed by atoms with E-state index in [2.05, 4.69) is 10.5 Å². The molecule has 8 nitrogen and oxygen atoms in total. The third kappa shape index (κ3) is 4.15. The summed E-state index contributed by atoms with van der Waals surface area (Å²) < 4.78 is 34.2. The van der Waals surface area contributed by atoms with Crippen LogP contribution in [0, 0.1) is 0 Å². The van der Waals surface area contributed by atoms with Gasteiger partial charge in [-0.1, -0.05) is 35.5 Å². The lowest BCUT2D eigenvalue weighted by atomic mass is 9.99. The van der Waals surface area contributed by atoms with Gasteiger partial charge in [-0.2, -0.15) is 8.78 Å². The number of hydrogen-bond donors (Lipinski definition) is 1. The Bertz CT molecular complexity index is 1520. The molecule has 0 unspecified atom stereocenters. The molecule has 0 saturated carbocycles. The molecular weight excluding hydrogens is 470 g/mol. The summed E-state index contributed by atoms with van der Waals surface area (Å²) in [4.78, 5) is 38.4. The van der Waals surface area contributed by atoms with Crippen LogP contribution in [0.4, 0.5) is 14.5 Å². The zero-order valence-corrected chi connectivity index (χ0v) is 19.4.